The predicted molar refractivity (Wildman–Crippen MR) is 77.2 cm³/mol. The second kappa shape index (κ2) is 5.63. The fraction of sp³-hybridized carbons (Fsp3) is 0.800. The second-order valence-electron chi connectivity index (χ2n) is 6.00. The van der Waals surface area contributed by atoms with Gasteiger partial charge in [-0.1, -0.05) is 6.92 Å². The molecule has 0 amide bonds. The van der Waals surface area contributed by atoms with Gasteiger partial charge in [0.15, 0.2) is 0 Å². The number of nitrogens with zero attached hydrogens (tertiary/aromatic N) is 2. The van der Waals surface area contributed by atoms with E-state index in [0.717, 1.165) is 38.1 Å². The normalized spacial score (nSPS) is 27.7. The van der Waals surface area contributed by atoms with Gasteiger partial charge in [0.25, 0.3) is 0 Å². The molecule has 4 heteroatoms. The van der Waals surface area contributed by atoms with E-state index in [-0.39, 0.29) is 5.60 Å². The molecule has 1 N–H and O–H groups in total. The van der Waals surface area contributed by atoms with Crippen molar-refractivity contribution < 1.29 is 4.74 Å². The van der Waals surface area contributed by atoms with Gasteiger partial charge in [-0.05, 0) is 40.0 Å². The van der Waals surface area contributed by atoms with Crippen LogP contribution in [0.3, 0.4) is 0 Å². The van der Waals surface area contributed by atoms with Crippen LogP contribution in [-0.2, 0) is 18.3 Å². The van der Waals surface area contributed by atoms with Gasteiger partial charge in [-0.25, -0.2) is 0 Å². The van der Waals surface area contributed by atoms with E-state index in [9.17, 15) is 0 Å². The molecule has 4 nitrogen and oxygen atoms in total. The molecule has 1 aliphatic heterocycles. The first-order valence-electron chi connectivity index (χ1n) is 7.31. The fourth-order valence-electron chi connectivity index (χ4n) is 2.87. The summed E-state index contributed by atoms with van der Waals surface area (Å²) >= 11 is 0. The summed E-state index contributed by atoms with van der Waals surface area (Å²) in [5, 5.41) is 8.16. The van der Waals surface area contributed by atoms with E-state index in [1.54, 1.807) is 0 Å². The van der Waals surface area contributed by atoms with Crippen LogP contribution in [0.2, 0.25) is 0 Å². The molecule has 108 valence electrons. The molecule has 0 radical (unpaired) electrons. The van der Waals surface area contributed by atoms with E-state index in [1.165, 1.54) is 11.3 Å². The van der Waals surface area contributed by atoms with E-state index < -0.39 is 0 Å². The van der Waals surface area contributed by atoms with Crippen LogP contribution in [0.25, 0.3) is 0 Å². The van der Waals surface area contributed by atoms with E-state index in [4.69, 9.17) is 4.74 Å². The van der Waals surface area contributed by atoms with Gasteiger partial charge in [0.2, 0.25) is 0 Å². The highest BCUT2D eigenvalue weighted by Crippen LogP contribution is 2.28. The first kappa shape index (κ1) is 14.5. The van der Waals surface area contributed by atoms with Crippen LogP contribution in [0, 0.1) is 13.8 Å². The molecular formula is C15H27N3O. The minimum Gasteiger partial charge on any atom is -0.375 e. The Balaban J connectivity index is 1.95. The Kier molecular flexibility index (Phi) is 4.31. The smallest absolute Gasteiger partial charge is 0.0666 e. The monoisotopic (exact) mass is 265 g/mol. The van der Waals surface area contributed by atoms with E-state index in [0.29, 0.717) is 6.04 Å². The Labute approximate surface area is 116 Å². The Morgan fingerprint density at radius 3 is 2.79 bits per heavy atom. The Hall–Kier alpha value is -0.870. The zero-order valence-electron chi connectivity index (χ0n) is 12.9. The molecule has 1 aromatic rings. The third-order valence-electron chi connectivity index (χ3n) is 4.57. The lowest BCUT2D eigenvalue weighted by molar-refractivity contribution is -0.0781. The molecular weight excluding hydrogens is 238 g/mol. The molecule has 2 unspecified atom stereocenters. The molecule has 0 aliphatic carbocycles. The van der Waals surface area contributed by atoms with Crippen molar-refractivity contribution in [3.63, 3.8) is 0 Å². The van der Waals surface area contributed by atoms with Crippen LogP contribution in [0.15, 0.2) is 0 Å². The lowest BCUT2D eigenvalue weighted by atomic mass is 9.90. The van der Waals surface area contributed by atoms with Crippen molar-refractivity contribution in [2.24, 2.45) is 7.05 Å². The molecule has 0 spiro atoms. The first-order valence-corrected chi connectivity index (χ1v) is 7.31. The number of aryl methyl sites for hydroxylation is 2. The summed E-state index contributed by atoms with van der Waals surface area (Å²) in [6.07, 6.45) is 3.28. The van der Waals surface area contributed by atoms with Crippen LogP contribution in [0.5, 0.6) is 0 Å². The van der Waals surface area contributed by atoms with Crippen LogP contribution >= 0.6 is 0 Å². The lowest BCUT2D eigenvalue weighted by Gasteiger charge is -2.38. The average Bonchev–Trinajstić information content (AvgIpc) is 2.62. The van der Waals surface area contributed by atoms with Crippen molar-refractivity contribution in [2.75, 3.05) is 6.61 Å². The summed E-state index contributed by atoms with van der Waals surface area (Å²) in [4.78, 5) is 0. The molecule has 2 rings (SSSR count). The van der Waals surface area contributed by atoms with Gasteiger partial charge in [0.1, 0.15) is 0 Å². The quantitative estimate of drug-likeness (QED) is 0.909. The van der Waals surface area contributed by atoms with Crippen molar-refractivity contribution in [1.82, 2.24) is 15.1 Å². The standard InChI is InChI=1S/C15H27N3O/c1-6-15(4)9-13(7-8-19-15)16-10-14-11(2)17-18(5)12(14)3/h13,16H,6-10H2,1-5H3. The molecule has 19 heavy (non-hydrogen) atoms. The summed E-state index contributed by atoms with van der Waals surface area (Å²) in [7, 11) is 2.01. The largest absolute Gasteiger partial charge is 0.375 e. The summed E-state index contributed by atoms with van der Waals surface area (Å²) in [5.74, 6) is 0. The van der Waals surface area contributed by atoms with Crippen LogP contribution in [-0.4, -0.2) is 28.0 Å². The van der Waals surface area contributed by atoms with E-state index in [1.807, 2.05) is 11.7 Å². The van der Waals surface area contributed by atoms with Gasteiger partial charge in [0, 0.05) is 37.5 Å². The van der Waals surface area contributed by atoms with E-state index in [2.05, 4.69) is 38.1 Å². The topological polar surface area (TPSA) is 39.1 Å². The minimum atomic E-state index is 0.0505. The molecule has 1 fully saturated rings. The highest BCUT2D eigenvalue weighted by Gasteiger charge is 2.31. The summed E-state index contributed by atoms with van der Waals surface area (Å²) < 4.78 is 7.86. The molecule has 1 aliphatic rings. The highest BCUT2D eigenvalue weighted by molar-refractivity contribution is 5.24. The number of hydrogen-bond donors (Lipinski definition) is 1. The number of ether oxygens (including phenoxy) is 1. The predicted octanol–water partition coefficient (Wildman–Crippen LogP) is 2.47. The van der Waals surface area contributed by atoms with Gasteiger partial charge < -0.3 is 10.1 Å². The van der Waals surface area contributed by atoms with Gasteiger partial charge in [-0.15, -0.1) is 0 Å². The fourth-order valence-corrected chi connectivity index (χ4v) is 2.87. The Bertz CT molecular complexity index is 441. The zero-order valence-corrected chi connectivity index (χ0v) is 12.9. The van der Waals surface area contributed by atoms with Crippen molar-refractivity contribution in [1.29, 1.82) is 0 Å². The molecule has 1 aromatic heterocycles. The van der Waals surface area contributed by atoms with Gasteiger partial charge in [0.05, 0.1) is 11.3 Å². The molecule has 1 saturated heterocycles. The minimum absolute atomic E-state index is 0.0505. The van der Waals surface area contributed by atoms with Crippen LogP contribution < -0.4 is 5.32 Å². The molecule has 2 atom stereocenters. The molecule has 2 heterocycles. The molecule has 0 aromatic carbocycles. The van der Waals surface area contributed by atoms with Gasteiger partial charge in [-0.3, -0.25) is 4.68 Å². The van der Waals surface area contributed by atoms with Gasteiger partial charge >= 0.3 is 0 Å². The maximum Gasteiger partial charge on any atom is 0.0666 e. The number of rotatable bonds is 4. The van der Waals surface area contributed by atoms with Gasteiger partial charge in [-0.2, -0.15) is 5.10 Å². The number of aromatic nitrogens is 2. The second-order valence-corrected chi connectivity index (χ2v) is 6.00. The number of hydrogen-bond acceptors (Lipinski definition) is 3. The maximum absolute atomic E-state index is 5.89. The van der Waals surface area contributed by atoms with Crippen molar-refractivity contribution in [2.45, 2.75) is 65.1 Å². The van der Waals surface area contributed by atoms with Crippen molar-refractivity contribution >= 4 is 0 Å². The molecule has 0 saturated carbocycles. The Morgan fingerprint density at radius 2 is 2.21 bits per heavy atom. The summed E-state index contributed by atoms with van der Waals surface area (Å²) in [6, 6.07) is 0.553. The maximum atomic E-state index is 5.89. The number of nitrogens with one attached hydrogen (secondary N) is 1. The average molecular weight is 265 g/mol. The summed E-state index contributed by atoms with van der Waals surface area (Å²) in [5.41, 5.74) is 3.79. The third-order valence-corrected chi connectivity index (χ3v) is 4.57. The third kappa shape index (κ3) is 3.18. The van der Waals surface area contributed by atoms with Crippen LogP contribution in [0.4, 0.5) is 0 Å². The SMILES string of the molecule is CCC1(C)CC(NCc2c(C)nn(C)c2C)CCO1. The Morgan fingerprint density at radius 1 is 1.47 bits per heavy atom. The molecule has 0 bridgehead atoms. The first-order chi connectivity index (χ1) is 8.95. The zero-order chi connectivity index (χ0) is 14.0. The van der Waals surface area contributed by atoms with E-state index >= 15 is 0 Å². The van der Waals surface area contributed by atoms with Crippen molar-refractivity contribution in [3.8, 4) is 0 Å². The highest BCUT2D eigenvalue weighted by atomic mass is 16.5. The van der Waals surface area contributed by atoms with Crippen LogP contribution in [0.1, 0.15) is 50.1 Å². The summed E-state index contributed by atoms with van der Waals surface area (Å²) in [6.45, 7) is 10.4. The van der Waals surface area contributed by atoms with Crippen molar-refractivity contribution in [3.05, 3.63) is 17.0 Å². The lowest BCUT2D eigenvalue weighted by Crippen LogP contribution is -2.44.